The summed E-state index contributed by atoms with van der Waals surface area (Å²) in [5.41, 5.74) is 7.57. The molecule has 3 heteroatoms. The monoisotopic (exact) mass is 260 g/mol. The molecule has 0 bridgehead atoms. The molecule has 2 N–H and O–H groups in total. The Morgan fingerprint density at radius 1 is 1.26 bits per heavy atom. The molecule has 0 saturated heterocycles. The Morgan fingerprint density at radius 2 is 1.95 bits per heavy atom. The van der Waals surface area contributed by atoms with E-state index in [4.69, 9.17) is 4.74 Å². The second kappa shape index (κ2) is 7.64. The average Bonchev–Trinajstić information content (AvgIpc) is 2.36. The fourth-order valence-corrected chi connectivity index (χ4v) is 1.36. The van der Waals surface area contributed by atoms with Crippen molar-refractivity contribution < 1.29 is 4.74 Å². The first kappa shape index (κ1) is 15.3. The highest BCUT2D eigenvalue weighted by atomic mass is 16.5. The van der Waals surface area contributed by atoms with E-state index in [0.717, 1.165) is 12.1 Å². The van der Waals surface area contributed by atoms with E-state index in [0.29, 0.717) is 12.5 Å². The Labute approximate surface area is 116 Å². The molecule has 0 fully saturated rings. The lowest BCUT2D eigenvalue weighted by molar-refractivity contribution is 0.164. The van der Waals surface area contributed by atoms with Gasteiger partial charge in [0.15, 0.2) is 0 Å². The summed E-state index contributed by atoms with van der Waals surface area (Å²) in [5.74, 6) is 0.670. The van der Waals surface area contributed by atoms with E-state index >= 15 is 0 Å². The Hall–Kier alpha value is -1.74. The van der Waals surface area contributed by atoms with Crippen molar-refractivity contribution in [3.05, 3.63) is 60.5 Å². The van der Waals surface area contributed by atoms with Gasteiger partial charge in [0.25, 0.3) is 0 Å². The third kappa shape index (κ3) is 7.32. The van der Waals surface area contributed by atoms with Crippen LogP contribution in [-0.2, 0) is 11.3 Å². The summed E-state index contributed by atoms with van der Waals surface area (Å²) in [4.78, 5) is 0. The number of ether oxygens (including phenoxy) is 1. The van der Waals surface area contributed by atoms with Gasteiger partial charge in [-0.05, 0) is 17.1 Å². The van der Waals surface area contributed by atoms with Crippen LogP contribution in [0.3, 0.4) is 0 Å². The van der Waals surface area contributed by atoms with Crippen LogP contribution in [0.15, 0.2) is 54.9 Å². The summed E-state index contributed by atoms with van der Waals surface area (Å²) in [6.45, 7) is 11.6. The van der Waals surface area contributed by atoms with Gasteiger partial charge in [-0.3, -0.25) is 5.43 Å². The summed E-state index contributed by atoms with van der Waals surface area (Å²) >= 11 is 0. The van der Waals surface area contributed by atoms with E-state index in [-0.39, 0.29) is 5.41 Å². The van der Waals surface area contributed by atoms with Crippen LogP contribution in [0.2, 0.25) is 0 Å². The van der Waals surface area contributed by atoms with Crippen molar-refractivity contribution in [3.8, 4) is 0 Å². The number of nitrogens with one attached hydrogen (secondary N) is 2. The largest absolute Gasteiger partial charge is 0.473 e. The Bertz CT molecular complexity index is 405. The summed E-state index contributed by atoms with van der Waals surface area (Å²) in [6, 6.07) is 10.1. The van der Waals surface area contributed by atoms with Gasteiger partial charge < -0.3 is 4.74 Å². The first-order valence-corrected chi connectivity index (χ1v) is 6.49. The van der Waals surface area contributed by atoms with E-state index in [1.54, 1.807) is 12.2 Å². The zero-order valence-electron chi connectivity index (χ0n) is 12.1. The first-order valence-electron chi connectivity index (χ1n) is 6.49. The second-order valence-electron chi connectivity index (χ2n) is 5.58. The highest BCUT2D eigenvalue weighted by Crippen LogP contribution is 2.10. The molecule has 1 aromatic carbocycles. The third-order valence-electron chi connectivity index (χ3n) is 2.34. The topological polar surface area (TPSA) is 33.3 Å². The number of rotatable bonds is 7. The van der Waals surface area contributed by atoms with Crippen molar-refractivity contribution in [2.75, 3.05) is 6.54 Å². The van der Waals surface area contributed by atoms with Crippen molar-refractivity contribution in [3.63, 3.8) is 0 Å². The summed E-state index contributed by atoms with van der Waals surface area (Å²) in [7, 11) is 0. The number of hydrazine groups is 1. The minimum Gasteiger partial charge on any atom is -0.473 e. The molecule has 0 aliphatic rings. The fourth-order valence-electron chi connectivity index (χ4n) is 1.36. The quantitative estimate of drug-likeness (QED) is 0.448. The standard InChI is InChI=1S/C16H24N2O/c1-5-9-15(18-17-13-16(2,3)4)19-12-14-10-7-6-8-11-14/h5-11,17-18H,1,12-13H2,2-4H3/b15-9+. The van der Waals surface area contributed by atoms with Crippen LogP contribution in [-0.4, -0.2) is 6.54 Å². The van der Waals surface area contributed by atoms with Crippen molar-refractivity contribution in [2.45, 2.75) is 27.4 Å². The van der Waals surface area contributed by atoms with Gasteiger partial charge in [0.05, 0.1) is 0 Å². The Balaban J connectivity index is 2.41. The van der Waals surface area contributed by atoms with Crippen molar-refractivity contribution >= 4 is 0 Å². The van der Waals surface area contributed by atoms with E-state index in [1.807, 2.05) is 30.3 Å². The van der Waals surface area contributed by atoms with Crippen molar-refractivity contribution in [1.82, 2.24) is 10.9 Å². The summed E-state index contributed by atoms with van der Waals surface area (Å²) in [6.07, 6.45) is 3.50. The molecule has 1 aromatic rings. The lowest BCUT2D eigenvalue weighted by atomic mass is 9.98. The molecule has 0 aliphatic heterocycles. The normalized spacial score (nSPS) is 12.1. The van der Waals surface area contributed by atoms with E-state index in [9.17, 15) is 0 Å². The zero-order valence-corrected chi connectivity index (χ0v) is 12.1. The molecule has 104 valence electrons. The van der Waals surface area contributed by atoms with Crippen LogP contribution >= 0.6 is 0 Å². The molecule has 0 aromatic heterocycles. The number of allylic oxidation sites excluding steroid dienone is 2. The molecule has 1 rings (SSSR count). The van der Waals surface area contributed by atoms with Gasteiger partial charge in [0, 0.05) is 6.54 Å². The second-order valence-corrected chi connectivity index (χ2v) is 5.58. The fraction of sp³-hybridized carbons (Fsp3) is 0.375. The molecule has 0 spiro atoms. The van der Waals surface area contributed by atoms with Crippen LogP contribution in [0.1, 0.15) is 26.3 Å². The number of benzene rings is 1. The maximum absolute atomic E-state index is 5.70. The molecule has 0 radical (unpaired) electrons. The van der Waals surface area contributed by atoms with E-state index < -0.39 is 0 Å². The first-order chi connectivity index (χ1) is 9.01. The predicted octanol–water partition coefficient (Wildman–Crippen LogP) is 3.37. The van der Waals surface area contributed by atoms with Gasteiger partial charge >= 0.3 is 0 Å². The van der Waals surface area contributed by atoms with Crippen molar-refractivity contribution in [1.29, 1.82) is 0 Å². The predicted molar refractivity (Wildman–Crippen MR) is 80.1 cm³/mol. The van der Waals surface area contributed by atoms with Crippen LogP contribution < -0.4 is 10.9 Å². The van der Waals surface area contributed by atoms with Gasteiger partial charge in [-0.2, -0.15) is 0 Å². The van der Waals surface area contributed by atoms with Crippen LogP contribution in [0.4, 0.5) is 0 Å². The smallest absolute Gasteiger partial charge is 0.201 e. The van der Waals surface area contributed by atoms with Crippen LogP contribution in [0.25, 0.3) is 0 Å². The maximum atomic E-state index is 5.70. The number of hydrogen-bond donors (Lipinski definition) is 2. The van der Waals surface area contributed by atoms with E-state index in [1.165, 1.54) is 0 Å². The molecular weight excluding hydrogens is 236 g/mol. The molecule has 3 nitrogen and oxygen atoms in total. The minimum absolute atomic E-state index is 0.214. The molecule has 0 aliphatic carbocycles. The van der Waals surface area contributed by atoms with Gasteiger partial charge in [-0.15, -0.1) is 0 Å². The molecule has 0 amide bonds. The Kier molecular flexibility index (Phi) is 6.16. The van der Waals surface area contributed by atoms with Crippen molar-refractivity contribution in [2.24, 2.45) is 5.41 Å². The van der Waals surface area contributed by atoms with Gasteiger partial charge in [-0.1, -0.05) is 63.8 Å². The maximum Gasteiger partial charge on any atom is 0.201 e. The molecule has 0 atom stereocenters. The lowest BCUT2D eigenvalue weighted by Gasteiger charge is -2.20. The molecule has 0 saturated carbocycles. The van der Waals surface area contributed by atoms with Gasteiger partial charge in [0.2, 0.25) is 5.88 Å². The summed E-state index contributed by atoms with van der Waals surface area (Å²) in [5, 5.41) is 0. The van der Waals surface area contributed by atoms with E-state index in [2.05, 4.69) is 38.2 Å². The Morgan fingerprint density at radius 3 is 2.53 bits per heavy atom. The minimum atomic E-state index is 0.214. The lowest BCUT2D eigenvalue weighted by Crippen LogP contribution is -2.38. The van der Waals surface area contributed by atoms with Gasteiger partial charge in [0.1, 0.15) is 6.61 Å². The van der Waals surface area contributed by atoms with Crippen LogP contribution in [0.5, 0.6) is 0 Å². The average molecular weight is 260 g/mol. The van der Waals surface area contributed by atoms with Crippen LogP contribution in [0, 0.1) is 5.41 Å². The highest BCUT2D eigenvalue weighted by molar-refractivity contribution is 5.14. The molecule has 0 heterocycles. The molecular formula is C16H24N2O. The SMILES string of the molecule is C=C/C=C(\NNCC(C)(C)C)OCc1ccccc1. The number of hydrogen-bond acceptors (Lipinski definition) is 3. The molecule has 0 unspecified atom stereocenters. The summed E-state index contributed by atoms with van der Waals surface area (Å²) < 4.78 is 5.70. The van der Waals surface area contributed by atoms with Gasteiger partial charge in [-0.25, -0.2) is 5.43 Å². The molecule has 19 heavy (non-hydrogen) atoms. The highest BCUT2D eigenvalue weighted by Gasteiger charge is 2.09. The zero-order chi connectivity index (χ0) is 14.1. The third-order valence-corrected chi connectivity index (χ3v) is 2.34.